The summed E-state index contributed by atoms with van der Waals surface area (Å²) in [5.41, 5.74) is 9.56. The number of carbonyl (C=O) groups is 1. The highest BCUT2D eigenvalue weighted by molar-refractivity contribution is 5.76. The molecule has 4 N–H and O–H groups in total. The van der Waals surface area contributed by atoms with E-state index in [1.165, 1.54) is 0 Å². The molecule has 2 rings (SSSR count). The summed E-state index contributed by atoms with van der Waals surface area (Å²) < 4.78 is 0. The number of piperidine rings is 1. The largest absolute Gasteiger partial charge is 0.353 e. The first-order valence-electron chi connectivity index (χ1n) is 7.14. The molecule has 0 aromatic heterocycles. The summed E-state index contributed by atoms with van der Waals surface area (Å²) in [6, 6.07) is 0.960. The molecule has 108 valence electrons. The van der Waals surface area contributed by atoms with E-state index < -0.39 is 0 Å². The zero-order valence-corrected chi connectivity index (χ0v) is 11.8. The predicted octanol–water partition coefficient (Wildman–Crippen LogP) is 0.209. The van der Waals surface area contributed by atoms with Crippen LogP contribution in [0.25, 0.3) is 0 Å². The second kappa shape index (κ2) is 6.77. The Balaban J connectivity index is 1.63. The van der Waals surface area contributed by atoms with Crippen LogP contribution in [0, 0.1) is 0 Å². The van der Waals surface area contributed by atoms with Gasteiger partial charge >= 0.3 is 0 Å². The smallest absolute Gasteiger partial charge is 0.220 e. The van der Waals surface area contributed by atoms with Crippen molar-refractivity contribution in [2.75, 3.05) is 13.1 Å². The van der Waals surface area contributed by atoms with E-state index in [2.05, 4.69) is 40.5 Å². The Hall–Kier alpha value is -1.27. The fourth-order valence-corrected chi connectivity index (χ4v) is 2.52. The van der Waals surface area contributed by atoms with Gasteiger partial charge in [-0.1, -0.05) is 0 Å². The molecule has 6 nitrogen and oxygen atoms in total. The van der Waals surface area contributed by atoms with Gasteiger partial charge in [0, 0.05) is 43.5 Å². The zero-order valence-electron chi connectivity index (χ0n) is 11.8. The molecule has 0 bridgehead atoms. The topological polar surface area (TPSA) is 68.4 Å². The number of allylic oxidation sites excluding steroid dienone is 1. The molecule has 0 unspecified atom stereocenters. The normalized spacial score (nSPS) is 20.9. The van der Waals surface area contributed by atoms with Crippen LogP contribution in [0.15, 0.2) is 11.9 Å². The van der Waals surface area contributed by atoms with E-state index in [9.17, 15) is 4.79 Å². The maximum absolute atomic E-state index is 11.9. The number of hydrazine groups is 2. The molecule has 0 radical (unpaired) electrons. The predicted molar refractivity (Wildman–Crippen MR) is 74.6 cm³/mol. The first-order chi connectivity index (χ1) is 9.15. The van der Waals surface area contributed by atoms with Crippen molar-refractivity contribution in [3.63, 3.8) is 0 Å². The first kappa shape index (κ1) is 14.1. The first-order valence-corrected chi connectivity index (χ1v) is 7.14. The third-order valence-electron chi connectivity index (χ3n) is 3.79. The van der Waals surface area contributed by atoms with Gasteiger partial charge in [-0.15, -0.1) is 0 Å². The molecule has 0 saturated carbocycles. The Kier molecular flexibility index (Phi) is 5.04. The Morgan fingerprint density at radius 2 is 2.21 bits per heavy atom. The van der Waals surface area contributed by atoms with Gasteiger partial charge in [-0.25, -0.2) is 0 Å². The Labute approximate surface area is 114 Å². The molecule has 1 amide bonds. The number of nitrogens with one attached hydrogen (secondary N) is 4. The van der Waals surface area contributed by atoms with Crippen molar-refractivity contribution in [2.45, 2.75) is 51.6 Å². The second-order valence-electron chi connectivity index (χ2n) is 5.54. The van der Waals surface area contributed by atoms with Gasteiger partial charge in [0.05, 0.1) is 0 Å². The quantitative estimate of drug-likeness (QED) is 0.573. The molecular formula is C13H25N5O. The van der Waals surface area contributed by atoms with Gasteiger partial charge in [-0.05, 0) is 33.1 Å². The summed E-state index contributed by atoms with van der Waals surface area (Å²) >= 11 is 0. The average Bonchev–Trinajstić information content (AvgIpc) is 2.90. The van der Waals surface area contributed by atoms with E-state index in [1.807, 2.05) is 6.20 Å². The summed E-state index contributed by atoms with van der Waals surface area (Å²) in [6.07, 6.45) is 5.24. The van der Waals surface area contributed by atoms with E-state index in [-0.39, 0.29) is 5.91 Å². The van der Waals surface area contributed by atoms with Crippen LogP contribution >= 0.6 is 0 Å². The molecule has 0 aromatic carbocycles. The van der Waals surface area contributed by atoms with E-state index >= 15 is 0 Å². The maximum Gasteiger partial charge on any atom is 0.220 e. The molecule has 0 aliphatic carbocycles. The summed E-state index contributed by atoms with van der Waals surface area (Å²) in [7, 11) is 0. The van der Waals surface area contributed by atoms with Crippen molar-refractivity contribution in [3.05, 3.63) is 11.9 Å². The van der Waals surface area contributed by atoms with Crippen LogP contribution in [0.3, 0.4) is 0 Å². The Morgan fingerprint density at radius 1 is 1.47 bits per heavy atom. The highest BCUT2D eigenvalue weighted by Crippen LogP contribution is 2.13. The zero-order chi connectivity index (χ0) is 13.7. The monoisotopic (exact) mass is 267 g/mol. The standard InChI is InChI=1S/C13H25N5O/c1-10(2)18-7-5-11(6-8-18)15-13(19)4-3-12-9-14-17-16-12/h9-11,14,16-17H,3-8H2,1-2H3,(H,15,19). The fourth-order valence-electron chi connectivity index (χ4n) is 2.52. The minimum Gasteiger partial charge on any atom is -0.353 e. The second-order valence-corrected chi connectivity index (χ2v) is 5.54. The van der Waals surface area contributed by atoms with Gasteiger partial charge < -0.3 is 21.1 Å². The van der Waals surface area contributed by atoms with Crippen LogP contribution in [0.2, 0.25) is 0 Å². The van der Waals surface area contributed by atoms with Crippen LogP contribution in [0.5, 0.6) is 0 Å². The van der Waals surface area contributed by atoms with Crippen molar-refractivity contribution in [3.8, 4) is 0 Å². The van der Waals surface area contributed by atoms with Gasteiger partial charge in [-0.3, -0.25) is 4.79 Å². The van der Waals surface area contributed by atoms with Crippen LogP contribution in [0.4, 0.5) is 0 Å². The number of nitrogens with zero attached hydrogens (tertiary/aromatic N) is 1. The van der Waals surface area contributed by atoms with Crippen molar-refractivity contribution in [1.82, 2.24) is 26.6 Å². The molecule has 0 atom stereocenters. The SMILES string of the molecule is CC(C)N1CCC(NC(=O)CCC2=CNNN2)CC1. The van der Waals surface area contributed by atoms with Crippen LogP contribution < -0.4 is 21.7 Å². The molecule has 1 saturated heterocycles. The molecule has 2 aliphatic rings. The number of carbonyl (C=O) groups excluding carboxylic acids is 1. The van der Waals surface area contributed by atoms with Crippen molar-refractivity contribution in [1.29, 1.82) is 0 Å². The lowest BCUT2D eigenvalue weighted by atomic mass is 10.0. The molecule has 2 heterocycles. The molecule has 1 fully saturated rings. The summed E-state index contributed by atoms with van der Waals surface area (Å²) in [4.78, 5) is 14.3. The number of amides is 1. The minimum atomic E-state index is 0.151. The van der Waals surface area contributed by atoms with Gasteiger partial charge in [0.25, 0.3) is 0 Å². The maximum atomic E-state index is 11.9. The number of rotatable bonds is 5. The minimum absolute atomic E-state index is 0.151. The highest BCUT2D eigenvalue weighted by atomic mass is 16.1. The van der Waals surface area contributed by atoms with Crippen LogP contribution in [-0.4, -0.2) is 36.0 Å². The molecule has 19 heavy (non-hydrogen) atoms. The lowest BCUT2D eigenvalue weighted by Crippen LogP contribution is -2.46. The number of likely N-dealkylation sites (tertiary alicyclic amines) is 1. The summed E-state index contributed by atoms with van der Waals surface area (Å²) in [5, 5.41) is 3.14. The summed E-state index contributed by atoms with van der Waals surface area (Å²) in [5.74, 6) is 0.151. The summed E-state index contributed by atoms with van der Waals surface area (Å²) in [6.45, 7) is 6.62. The van der Waals surface area contributed by atoms with Crippen molar-refractivity contribution >= 4 is 5.91 Å². The third kappa shape index (κ3) is 4.40. The van der Waals surface area contributed by atoms with Crippen LogP contribution in [-0.2, 0) is 4.79 Å². The van der Waals surface area contributed by atoms with Crippen LogP contribution in [0.1, 0.15) is 39.5 Å². The fraction of sp³-hybridized carbons (Fsp3) is 0.769. The number of hydrogen-bond donors (Lipinski definition) is 4. The lowest BCUT2D eigenvalue weighted by Gasteiger charge is -2.34. The third-order valence-corrected chi connectivity index (χ3v) is 3.79. The molecular weight excluding hydrogens is 242 g/mol. The van der Waals surface area contributed by atoms with E-state index in [0.717, 1.165) is 38.0 Å². The van der Waals surface area contributed by atoms with E-state index in [0.29, 0.717) is 18.5 Å². The lowest BCUT2D eigenvalue weighted by molar-refractivity contribution is -0.122. The van der Waals surface area contributed by atoms with Gasteiger partial charge in [-0.2, -0.15) is 5.53 Å². The molecule has 6 heteroatoms. The average molecular weight is 267 g/mol. The highest BCUT2D eigenvalue weighted by Gasteiger charge is 2.21. The van der Waals surface area contributed by atoms with Crippen molar-refractivity contribution in [2.24, 2.45) is 0 Å². The molecule has 0 aromatic rings. The molecule has 0 spiro atoms. The van der Waals surface area contributed by atoms with Gasteiger partial charge in [0.2, 0.25) is 5.91 Å². The molecule has 2 aliphatic heterocycles. The Morgan fingerprint density at radius 3 is 2.79 bits per heavy atom. The Bertz CT molecular complexity index is 334. The number of hydrogen-bond acceptors (Lipinski definition) is 5. The van der Waals surface area contributed by atoms with Crippen molar-refractivity contribution < 1.29 is 4.79 Å². The van der Waals surface area contributed by atoms with Gasteiger partial charge in [0.1, 0.15) is 0 Å². The van der Waals surface area contributed by atoms with Gasteiger partial charge in [0.15, 0.2) is 0 Å². The van der Waals surface area contributed by atoms with E-state index in [1.54, 1.807) is 0 Å². The van der Waals surface area contributed by atoms with E-state index in [4.69, 9.17) is 0 Å².